The Kier molecular flexibility index (Phi) is 3.63. The maximum atomic E-state index is 11.2. The molecular weight excluding hydrogens is 302 g/mol. The van der Waals surface area contributed by atoms with Gasteiger partial charge in [0, 0.05) is 12.6 Å². The van der Waals surface area contributed by atoms with E-state index in [-0.39, 0.29) is 4.90 Å². The molecule has 3 N–H and O–H groups in total. The van der Waals surface area contributed by atoms with Crippen molar-refractivity contribution in [3.05, 3.63) is 47.7 Å². The number of aromatic nitrogens is 1. The summed E-state index contributed by atoms with van der Waals surface area (Å²) < 4.78 is 24.2. The second-order valence-corrected chi connectivity index (χ2v) is 6.59. The molecule has 1 aliphatic heterocycles. The van der Waals surface area contributed by atoms with Crippen molar-refractivity contribution >= 4 is 21.5 Å². The Hall–Kier alpha value is -2.32. The predicted molar refractivity (Wildman–Crippen MR) is 81.4 cm³/mol. The first-order valence-corrected chi connectivity index (χ1v) is 8.24. The van der Waals surface area contributed by atoms with E-state index in [0.29, 0.717) is 13.1 Å². The van der Waals surface area contributed by atoms with E-state index in [1.54, 1.807) is 23.0 Å². The fraction of sp³-hybridized carbons (Fsp3) is 0.214. The molecule has 1 aliphatic rings. The maximum Gasteiger partial charge on any atom is 0.349 e. The predicted octanol–water partition coefficient (Wildman–Crippen LogP) is 1.58. The van der Waals surface area contributed by atoms with Crippen LogP contribution in [0.4, 0.5) is 11.5 Å². The summed E-state index contributed by atoms with van der Waals surface area (Å²) in [7, 11) is -1.78. The molecule has 0 aliphatic carbocycles. The van der Waals surface area contributed by atoms with Crippen LogP contribution in [0.2, 0.25) is 0 Å². The van der Waals surface area contributed by atoms with Crippen molar-refractivity contribution in [2.45, 2.75) is 18.0 Å². The Morgan fingerprint density at radius 1 is 1.27 bits per heavy atom. The van der Waals surface area contributed by atoms with E-state index in [1.165, 1.54) is 12.1 Å². The van der Waals surface area contributed by atoms with Crippen molar-refractivity contribution in [2.24, 2.45) is 10.3 Å². The van der Waals surface area contributed by atoms with E-state index in [1.807, 2.05) is 13.1 Å². The number of nitrogens with zero attached hydrogens (tertiary/aromatic N) is 3. The number of nitrogens with one attached hydrogen (secondary N) is 1. The van der Waals surface area contributed by atoms with E-state index >= 15 is 0 Å². The first kappa shape index (κ1) is 14.6. The minimum absolute atomic E-state index is 0.112. The molecule has 2 aromatic rings. The van der Waals surface area contributed by atoms with Crippen molar-refractivity contribution < 1.29 is 13.1 Å². The summed E-state index contributed by atoms with van der Waals surface area (Å²) in [6.07, 6.45) is 1.74. The van der Waals surface area contributed by atoms with Crippen molar-refractivity contribution in [3.8, 4) is 0 Å². The number of pyridine rings is 1. The number of sulfonamides is 1. The number of benzene rings is 1. The first-order valence-electron chi connectivity index (χ1n) is 6.70. The highest BCUT2D eigenvalue weighted by atomic mass is 32.2. The number of fused-ring (bicyclic) bond motifs is 1. The normalized spacial score (nSPS) is 13.6. The van der Waals surface area contributed by atoms with Crippen LogP contribution in [0.25, 0.3) is 0 Å². The van der Waals surface area contributed by atoms with Gasteiger partial charge in [-0.05, 0) is 22.7 Å². The summed E-state index contributed by atoms with van der Waals surface area (Å²) in [5, 5.41) is 12.7. The highest BCUT2D eigenvalue weighted by Crippen LogP contribution is 2.29. The fourth-order valence-electron chi connectivity index (χ4n) is 2.32. The molecule has 8 heteroatoms. The SMILES string of the molecule is C[N+]1=NCc2c(NCc3ccc(S(N)(=O)=O)cc3)ccnc21. The fourth-order valence-corrected chi connectivity index (χ4v) is 2.84. The minimum atomic E-state index is -3.65. The standard InChI is InChI=1S/C14H16N5O2S/c1-19-14-12(9-18-19)13(6-7-16-14)17-8-10-2-4-11(5-3-10)22(15,20)21/h2-7H,8-9H2,1H3,(H,16,17)(H2,15,20,21)/q+1. The average Bonchev–Trinajstić information content (AvgIpc) is 2.87. The van der Waals surface area contributed by atoms with Crippen LogP contribution in [0, 0.1) is 0 Å². The molecule has 7 nitrogen and oxygen atoms in total. The van der Waals surface area contributed by atoms with Gasteiger partial charge in [-0.1, -0.05) is 12.1 Å². The van der Waals surface area contributed by atoms with Crippen LogP contribution in [0.15, 0.2) is 46.5 Å². The van der Waals surface area contributed by atoms with Crippen molar-refractivity contribution in [1.82, 2.24) is 4.98 Å². The Bertz CT molecular complexity index is 844. The summed E-state index contributed by atoms with van der Waals surface area (Å²) in [5.41, 5.74) is 3.00. The molecule has 0 amide bonds. The maximum absolute atomic E-state index is 11.2. The van der Waals surface area contributed by atoms with Gasteiger partial charge in [0.05, 0.1) is 16.1 Å². The van der Waals surface area contributed by atoms with Gasteiger partial charge in [0.15, 0.2) is 0 Å². The Morgan fingerprint density at radius 2 is 2.00 bits per heavy atom. The summed E-state index contributed by atoms with van der Waals surface area (Å²) in [4.78, 5) is 4.42. The second-order valence-electron chi connectivity index (χ2n) is 5.03. The van der Waals surface area contributed by atoms with Crippen LogP contribution in [0.1, 0.15) is 11.1 Å². The lowest BCUT2D eigenvalue weighted by atomic mass is 10.2. The molecule has 0 saturated heterocycles. The molecule has 1 aromatic heterocycles. The molecule has 0 atom stereocenters. The van der Waals surface area contributed by atoms with Gasteiger partial charge in [-0.25, -0.2) is 13.6 Å². The zero-order valence-electron chi connectivity index (χ0n) is 12.0. The van der Waals surface area contributed by atoms with Gasteiger partial charge >= 0.3 is 5.82 Å². The zero-order chi connectivity index (χ0) is 15.7. The highest BCUT2D eigenvalue weighted by Gasteiger charge is 2.24. The molecule has 0 saturated carbocycles. The number of azo groups is 2. The van der Waals surface area contributed by atoms with E-state index in [4.69, 9.17) is 5.14 Å². The smallest absolute Gasteiger partial charge is 0.349 e. The number of rotatable bonds is 4. The topological polar surface area (TPSA) is 100 Å². The van der Waals surface area contributed by atoms with E-state index in [9.17, 15) is 8.42 Å². The van der Waals surface area contributed by atoms with Gasteiger partial charge in [-0.2, -0.15) is 0 Å². The van der Waals surface area contributed by atoms with Gasteiger partial charge in [0.25, 0.3) is 0 Å². The summed E-state index contributed by atoms with van der Waals surface area (Å²) in [6, 6.07) is 8.40. The monoisotopic (exact) mass is 318 g/mol. The first-order chi connectivity index (χ1) is 10.4. The zero-order valence-corrected chi connectivity index (χ0v) is 12.8. The molecule has 0 spiro atoms. The second kappa shape index (κ2) is 5.47. The Balaban J connectivity index is 1.74. The highest BCUT2D eigenvalue weighted by molar-refractivity contribution is 7.89. The largest absolute Gasteiger partial charge is 0.380 e. The number of primary sulfonamides is 1. The van der Waals surface area contributed by atoms with Gasteiger partial charge < -0.3 is 5.32 Å². The number of hydrogen-bond donors (Lipinski definition) is 2. The summed E-state index contributed by atoms with van der Waals surface area (Å²) in [6.45, 7) is 1.18. The van der Waals surface area contributed by atoms with E-state index < -0.39 is 10.0 Å². The average molecular weight is 318 g/mol. The molecule has 0 bridgehead atoms. The third-order valence-corrected chi connectivity index (χ3v) is 4.44. The minimum Gasteiger partial charge on any atom is -0.380 e. The third-order valence-electron chi connectivity index (χ3n) is 3.52. The lowest BCUT2D eigenvalue weighted by molar-refractivity contribution is -0.479. The summed E-state index contributed by atoms with van der Waals surface area (Å²) >= 11 is 0. The molecule has 3 rings (SSSR count). The Labute approximate surface area is 128 Å². The lowest BCUT2D eigenvalue weighted by Gasteiger charge is -2.08. The number of hydrogen-bond acceptors (Lipinski definition) is 5. The molecule has 0 unspecified atom stereocenters. The third kappa shape index (κ3) is 2.83. The van der Waals surface area contributed by atoms with E-state index in [2.05, 4.69) is 15.4 Å². The van der Waals surface area contributed by atoms with Crippen molar-refractivity contribution in [3.63, 3.8) is 0 Å². The van der Waals surface area contributed by atoms with Gasteiger partial charge in [-0.15, -0.1) is 9.81 Å². The van der Waals surface area contributed by atoms with Crippen LogP contribution in [0.5, 0.6) is 0 Å². The van der Waals surface area contributed by atoms with Crippen LogP contribution in [0.3, 0.4) is 0 Å². The molecular formula is C14H16N5O2S+. The molecule has 1 aromatic carbocycles. The molecule has 114 valence electrons. The van der Waals surface area contributed by atoms with Crippen LogP contribution in [-0.2, 0) is 23.1 Å². The molecule has 0 radical (unpaired) electrons. The van der Waals surface area contributed by atoms with Gasteiger partial charge in [-0.3, -0.25) is 0 Å². The van der Waals surface area contributed by atoms with Crippen LogP contribution >= 0.6 is 0 Å². The summed E-state index contributed by atoms with van der Waals surface area (Å²) in [5.74, 6) is 0.856. The quantitative estimate of drug-likeness (QED) is 0.836. The molecule has 2 heterocycles. The lowest BCUT2D eigenvalue weighted by Crippen LogP contribution is -2.12. The van der Waals surface area contributed by atoms with Crippen LogP contribution < -0.4 is 10.5 Å². The van der Waals surface area contributed by atoms with E-state index in [0.717, 1.165) is 22.6 Å². The van der Waals surface area contributed by atoms with Crippen molar-refractivity contribution in [2.75, 3.05) is 12.4 Å². The molecule has 0 fully saturated rings. The van der Waals surface area contributed by atoms with Crippen LogP contribution in [-0.4, -0.2) is 25.1 Å². The molecule has 22 heavy (non-hydrogen) atoms. The van der Waals surface area contributed by atoms with Gasteiger partial charge in [0.2, 0.25) is 10.0 Å². The van der Waals surface area contributed by atoms with Crippen molar-refractivity contribution in [1.29, 1.82) is 0 Å². The number of anilines is 1. The Morgan fingerprint density at radius 3 is 2.68 bits per heavy atom. The van der Waals surface area contributed by atoms with Gasteiger partial charge in [0.1, 0.15) is 19.8 Å². The number of nitrogens with two attached hydrogens (primary N) is 1.